The maximum Gasteiger partial charge on any atom is 0.410 e. The Morgan fingerprint density at radius 2 is 1.62 bits per heavy atom. The summed E-state index contributed by atoms with van der Waals surface area (Å²) < 4.78 is 18.0. The van der Waals surface area contributed by atoms with Gasteiger partial charge in [-0.1, -0.05) is 103 Å². The Hall–Kier alpha value is -3.97. The van der Waals surface area contributed by atoms with Crippen LogP contribution in [-0.4, -0.2) is 55.6 Å². The van der Waals surface area contributed by atoms with Crippen molar-refractivity contribution in [3.8, 4) is 11.1 Å². The van der Waals surface area contributed by atoms with E-state index < -0.39 is 0 Å². The van der Waals surface area contributed by atoms with E-state index in [0.717, 1.165) is 56.3 Å². The molecule has 1 unspecified atom stereocenters. The molecule has 1 aliphatic heterocycles. The minimum absolute atomic E-state index is 0.0410. The van der Waals surface area contributed by atoms with Gasteiger partial charge in [-0.3, -0.25) is 0 Å². The summed E-state index contributed by atoms with van der Waals surface area (Å²) in [5, 5.41) is 9.49. The minimum Gasteiger partial charge on any atom is -0.445 e. The molecule has 4 aromatic rings. The molecular weight excluding hydrogens is 586 g/mol. The van der Waals surface area contributed by atoms with E-state index in [1.807, 2.05) is 35.2 Å². The van der Waals surface area contributed by atoms with Crippen molar-refractivity contribution in [2.75, 3.05) is 33.4 Å². The minimum atomic E-state index is -0.324. The molecule has 6 heteroatoms. The summed E-state index contributed by atoms with van der Waals surface area (Å²) in [6.07, 6.45) is 5.68. The first-order valence-electron chi connectivity index (χ1n) is 17.0. The third-order valence-electron chi connectivity index (χ3n) is 9.81. The van der Waals surface area contributed by atoms with Crippen molar-refractivity contribution in [1.29, 1.82) is 0 Å². The quantitative estimate of drug-likeness (QED) is 0.143. The van der Waals surface area contributed by atoms with E-state index in [1.165, 1.54) is 27.8 Å². The summed E-state index contributed by atoms with van der Waals surface area (Å²) in [7, 11) is 1.76. The second-order valence-electron chi connectivity index (χ2n) is 13.3. The molecule has 0 bridgehead atoms. The van der Waals surface area contributed by atoms with Crippen LogP contribution in [0.15, 0.2) is 103 Å². The van der Waals surface area contributed by atoms with Crippen molar-refractivity contribution in [2.45, 2.75) is 63.8 Å². The van der Waals surface area contributed by atoms with Gasteiger partial charge in [0.15, 0.2) is 0 Å². The van der Waals surface area contributed by atoms with Crippen molar-refractivity contribution in [3.05, 3.63) is 131 Å². The molecule has 2 fully saturated rings. The third kappa shape index (κ3) is 8.69. The van der Waals surface area contributed by atoms with E-state index in [2.05, 4.69) is 72.8 Å². The molecule has 2 aliphatic rings. The first-order valence-corrected chi connectivity index (χ1v) is 17.0. The van der Waals surface area contributed by atoms with E-state index in [9.17, 15) is 9.90 Å². The fourth-order valence-electron chi connectivity index (χ4n) is 6.88. The highest BCUT2D eigenvalue weighted by Crippen LogP contribution is 2.50. The van der Waals surface area contributed by atoms with Gasteiger partial charge in [-0.2, -0.15) is 0 Å². The Labute approximate surface area is 279 Å². The van der Waals surface area contributed by atoms with E-state index in [1.54, 1.807) is 7.11 Å². The molecular formula is C41H47NO5. The van der Waals surface area contributed by atoms with Crippen LogP contribution in [0.5, 0.6) is 0 Å². The molecule has 0 aromatic heterocycles. The number of amides is 1. The Balaban J connectivity index is 1.17. The molecule has 1 saturated carbocycles. The maximum atomic E-state index is 13.3. The SMILES string of the molecule is COCCCc1ccccc1CC1(COC2CN(C(=O)OCc3cccc(CO)c3)CC[C@@H]2c2cccc(-c3ccccc3)c2)CC1. The van der Waals surface area contributed by atoms with Crippen molar-refractivity contribution < 1.29 is 24.1 Å². The van der Waals surface area contributed by atoms with E-state index >= 15 is 0 Å². The van der Waals surface area contributed by atoms with Gasteiger partial charge in [-0.25, -0.2) is 4.79 Å². The second-order valence-corrected chi connectivity index (χ2v) is 13.3. The van der Waals surface area contributed by atoms with Gasteiger partial charge in [-0.15, -0.1) is 0 Å². The molecule has 1 saturated heterocycles. The number of hydrogen-bond acceptors (Lipinski definition) is 5. The van der Waals surface area contributed by atoms with E-state index in [0.29, 0.717) is 19.7 Å². The lowest BCUT2D eigenvalue weighted by Gasteiger charge is -2.39. The summed E-state index contributed by atoms with van der Waals surface area (Å²) in [5.41, 5.74) is 8.25. The Morgan fingerprint density at radius 1 is 0.872 bits per heavy atom. The number of aliphatic hydroxyl groups excluding tert-OH is 1. The molecule has 1 aliphatic carbocycles. The lowest BCUT2D eigenvalue weighted by molar-refractivity contribution is -0.0334. The Kier molecular flexibility index (Phi) is 11.0. The van der Waals surface area contributed by atoms with Crippen molar-refractivity contribution >= 4 is 6.09 Å². The summed E-state index contributed by atoms with van der Waals surface area (Å²) >= 11 is 0. The highest BCUT2D eigenvalue weighted by Gasteiger charge is 2.45. The van der Waals surface area contributed by atoms with Crippen LogP contribution in [0.2, 0.25) is 0 Å². The van der Waals surface area contributed by atoms with Gasteiger partial charge in [0.05, 0.1) is 25.9 Å². The molecule has 2 atom stereocenters. The molecule has 1 amide bonds. The van der Waals surface area contributed by atoms with Crippen LogP contribution in [0.25, 0.3) is 11.1 Å². The number of carbonyl (C=O) groups excluding carboxylic acids is 1. The van der Waals surface area contributed by atoms with Crippen LogP contribution in [0.3, 0.4) is 0 Å². The van der Waals surface area contributed by atoms with E-state index in [-0.39, 0.29) is 36.7 Å². The van der Waals surface area contributed by atoms with Crippen molar-refractivity contribution in [3.63, 3.8) is 0 Å². The largest absolute Gasteiger partial charge is 0.445 e. The van der Waals surface area contributed by atoms with Gasteiger partial charge in [-0.05, 0) is 82.9 Å². The van der Waals surface area contributed by atoms with Gasteiger partial charge in [0.1, 0.15) is 6.61 Å². The maximum absolute atomic E-state index is 13.3. The van der Waals surface area contributed by atoms with Crippen molar-refractivity contribution in [1.82, 2.24) is 4.90 Å². The summed E-state index contributed by atoms with van der Waals surface area (Å²) in [6, 6.07) is 35.6. The number of benzene rings is 4. The summed E-state index contributed by atoms with van der Waals surface area (Å²) in [6.45, 7) is 2.67. The monoisotopic (exact) mass is 633 g/mol. The van der Waals surface area contributed by atoms with Crippen LogP contribution < -0.4 is 0 Å². The van der Waals surface area contributed by atoms with Crippen LogP contribution >= 0.6 is 0 Å². The van der Waals surface area contributed by atoms with Gasteiger partial charge in [0.2, 0.25) is 0 Å². The number of piperidine rings is 1. The number of methoxy groups -OCH3 is 1. The number of aliphatic hydroxyl groups is 1. The van der Waals surface area contributed by atoms with E-state index in [4.69, 9.17) is 14.2 Å². The van der Waals surface area contributed by atoms with Gasteiger partial charge in [0, 0.05) is 26.2 Å². The molecule has 246 valence electrons. The highest BCUT2D eigenvalue weighted by atomic mass is 16.6. The molecule has 0 spiro atoms. The molecule has 6 nitrogen and oxygen atoms in total. The van der Waals surface area contributed by atoms with Crippen LogP contribution in [0, 0.1) is 5.41 Å². The lowest BCUT2D eigenvalue weighted by atomic mass is 9.85. The standard InChI is InChI=1S/C41H47NO5/c1-45-23-9-18-34-14-5-6-15-37(34)26-41(20-21-41)30-47-39-27-42(40(44)46-29-32-11-7-10-31(24-32)28-43)22-19-38(39)36-17-8-16-35(25-36)33-12-3-2-4-13-33/h2-8,10-17,24-25,38-39,43H,9,18-23,26-30H2,1H3/t38-,39?/m1/s1. The van der Waals surface area contributed by atoms with Gasteiger partial charge >= 0.3 is 6.09 Å². The summed E-state index contributed by atoms with van der Waals surface area (Å²) in [5.74, 6) is 0.168. The predicted octanol–water partition coefficient (Wildman–Crippen LogP) is 7.96. The third-order valence-corrected chi connectivity index (χ3v) is 9.81. The number of rotatable bonds is 14. The van der Waals surface area contributed by atoms with Gasteiger partial charge < -0.3 is 24.2 Å². The van der Waals surface area contributed by atoms with Crippen LogP contribution in [0.4, 0.5) is 4.79 Å². The molecule has 1 heterocycles. The predicted molar refractivity (Wildman–Crippen MR) is 185 cm³/mol. The number of carbonyl (C=O) groups is 1. The number of aryl methyl sites for hydroxylation is 1. The molecule has 47 heavy (non-hydrogen) atoms. The fraction of sp³-hybridized carbons (Fsp3) is 0.390. The smallest absolute Gasteiger partial charge is 0.410 e. The normalized spacial score (nSPS) is 18.6. The lowest BCUT2D eigenvalue weighted by Crippen LogP contribution is -2.47. The van der Waals surface area contributed by atoms with Crippen LogP contribution in [-0.2, 0) is 40.3 Å². The molecule has 4 aromatic carbocycles. The van der Waals surface area contributed by atoms with Gasteiger partial charge in [0.25, 0.3) is 0 Å². The van der Waals surface area contributed by atoms with Crippen LogP contribution in [0.1, 0.15) is 59.4 Å². The van der Waals surface area contributed by atoms with Crippen molar-refractivity contribution in [2.24, 2.45) is 5.41 Å². The number of likely N-dealkylation sites (tertiary alicyclic amines) is 1. The first kappa shape index (κ1) is 33.0. The number of ether oxygens (including phenoxy) is 3. The molecule has 0 radical (unpaired) electrons. The molecule has 1 N–H and O–H groups in total. The first-order chi connectivity index (χ1) is 23.1. The average Bonchev–Trinajstić information content (AvgIpc) is 3.90. The second kappa shape index (κ2) is 15.7. The molecule has 6 rings (SSSR count). The average molecular weight is 634 g/mol. The summed E-state index contributed by atoms with van der Waals surface area (Å²) in [4.78, 5) is 15.2. The zero-order valence-electron chi connectivity index (χ0n) is 27.5. The number of nitrogens with zero attached hydrogens (tertiary/aromatic N) is 1. The zero-order valence-corrected chi connectivity index (χ0v) is 27.5. The highest BCUT2D eigenvalue weighted by molar-refractivity contribution is 5.68. The Morgan fingerprint density at radius 3 is 2.40 bits per heavy atom. The Bertz CT molecular complexity index is 1600. The fourth-order valence-corrected chi connectivity index (χ4v) is 6.88. The zero-order chi connectivity index (χ0) is 32.5. The topological polar surface area (TPSA) is 68.2 Å². The number of hydrogen-bond donors (Lipinski definition) is 1.